The Balaban J connectivity index is 2.54. The van der Waals surface area contributed by atoms with E-state index in [0.717, 1.165) is 12.1 Å². The number of esters is 1. The summed E-state index contributed by atoms with van der Waals surface area (Å²) in [6.07, 6.45) is 0. The van der Waals surface area contributed by atoms with Crippen molar-refractivity contribution in [3.63, 3.8) is 0 Å². The molecular formula is C16H16O9. The monoisotopic (exact) mass is 352 g/mol. The quantitative estimate of drug-likeness (QED) is 0.662. The maximum absolute atomic E-state index is 11.9. The molecule has 0 radical (unpaired) electrons. The lowest BCUT2D eigenvalue weighted by Gasteiger charge is -2.14. The second-order valence-corrected chi connectivity index (χ2v) is 5.24. The first-order valence-electron chi connectivity index (χ1n) is 7.20. The molecule has 2 aromatic heterocycles. The maximum atomic E-state index is 11.9. The van der Waals surface area contributed by atoms with E-state index < -0.39 is 40.9 Å². The van der Waals surface area contributed by atoms with Crippen molar-refractivity contribution in [1.82, 2.24) is 0 Å². The number of aliphatic hydroxyl groups is 1. The number of carbonyl (C=O) groups is 1. The Morgan fingerprint density at radius 1 is 1.08 bits per heavy atom. The molecular weight excluding hydrogens is 336 g/mol. The van der Waals surface area contributed by atoms with Crippen molar-refractivity contribution in [2.24, 2.45) is 0 Å². The molecule has 0 amide bonds. The summed E-state index contributed by atoms with van der Waals surface area (Å²) in [4.78, 5) is 34.5. The molecule has 134 valence electrons. The van der Waals surface area contributed by atoms with Crippen molar-refractivity contribution in [3.8, 4) is 11.5 Å². The highest BCUT2D eigenvalue weighted by atomic mass is 16.5. The van der Waals surface area contributed by atoms with Crippen LogP contribution in [0.15, 0.2) is 30.6 Å². The predicted molar refractivity (Wildman–Crippen MR) is 82.2 cm³/mol. The fourth-order valence-electron chi connectivity index (χ4n) is 2.14. The lowest BCUT2D eigenvalue weighted by Crippen LogP contribution is -2.12. The van der Waals surface area contributed by atoms with Gasteiger partial charge in [-0.3, -0.25) is 14.4 Å². The zero-order valence-electron chi connectivity index (χ0n) is 13.4. The second kappa shape index (κ2) is 7.22. The van der Waals surface area contributed by atoms with Crippen LogP contribution in [0.5, 0.6) is 11.5 Å². The molecule has 9 heteroatoms. The summed E-state index contributed by atoms with van der Waals surface area (Å²) in [5.41, 5.74) is -1.59. The number of rotatable bonds is 5. The lowest BCUT2D eigenvalue weighted by molar-refractivity contribution is -0.142. The molecule has 9 nitrogen and oxygen atoms in total. The van der Waals surface area contributed by atoms with Crippen LogP contribution in [0.3, 0.4) is 0 Å². The van der Waals surface area contributed by atoms with Gasteiger partial charge >= 0.3 is 5.97 Å². The fourth-order valence-corrected chi connectivity index (χ4v) is 2.14. The van der Waals surface area contributed by atoms with Crippen LogP contribution in [0.25, 0.3) is 0 Å². The highest BCUT2D eigenvalue weighted by Gasteiger charge is 2.26. The number of aromatic hydroxyl groups is 2. The van der Waals surface area contributed by atoms with Crippen LogP contribution in [0.1, 0.15) is 42.8 Å². The average molecular weight is 352 g/mol. The molecule has 0 aliphatic heterocycles. The molecule has 2 rings (SSSR count). The van der Waals surface area contributed by atoms with Gasteiger partial charge in [-0.15, -0.1) is 0 Å². The molecule has 0 spiro atoms. The third kappa shape index (κ3) is 3.89. The van der Waals surface area contributed by atoms with Crippen LogP contribution in [-0.4, -0.2) is 21.3 Å². The van der Waals surface area contributed by atoms with Gasteiger partial charge in [0.1, 0.15) is 24.7 Å². The Morgan fingerprint density at radius 3 is 2.04 bits per heavy atom. The third-order valence-corrected chi connectivity index (χ3v) is 3.36. The summed E-state index contributed by atoms with van der Waals surface area (Å²) >= 11 is 0. The fraction of sp³-hybridized carbons (Fsp3) is 0.312. The van der Waals surface area contributed by atoms with Crippen molar-refractivity contribution < 1.29 is 33.7 Å². The minimum atomic E-state index is -1.04. The minimum Gasteiger partial charge on any atom is -0.502 e. The van der Waals surface area contributed by atoms with Crippen molar-refractivity contribution in [2.45, 2.75) is 33.0 Å². The normalized spacial score (nSPS) is 12.0. The van der Waals surface area contributed by atoms with Gasteiger partial charge in [-0.2, -0.15) is 0 Å². The van der Waals surface area contributed by atoms with E-state index in [1.54, 1.807) is 0 Å². The van der Waals surface area contributed by atoms with E-state index in [0.29, 0.717) is 0 Å². The molecule has 0 unspecified atom stereocenters. The Labute approximate surface area is 140 Å². The van der Waals surface area contributed by atoms with Crippen molar-refractivity contribution in [1.29, 1.82) is 0 Å². The average Bonchev–Trinajstić information content (AvgIpc) is 2.57. The van der Waals surface area contributed by atoms with Crippen molar-refractivity contribution in [2.75, 3.05) is 0 Å². The van der Waals surface area contributed by atoms with E-state index in [4.69, 9.17) is 18.7 Å². The molecule has 0 aliphatic carbocycles. The van der Waals surface area contributed by atoms with Gasteiger partial charge in [-0.25, -0.2) is 0 Å². The smallest absolute Gasteiger partial charge is 0.303 e. The van der Waals surface area contributed by atoms with Gasteiger partial charge in [0.2, 0.25) is 22.4 Å². The summed E-state index contributed by atoms with van der Waals surface area (Å²) in [6, 6.07) is 1.87. The van der Waals surface area contributed by atoms with E-state index in [-0.39, 0.29) is 29.6 Å². The third-order valence-electron chi connectivity index (χ3n) is 3.36. The van der Waals surface area contributed by atoms with Crippen LogP contribution in [-0.2, 0) is 22.7 Å². The maximum Gasteiger partial charge on any atom is 0.303 e. The zero-order valence-corrected chi connectivity index (χ0v) is 13.4. The summed E-state index contributed by atoms with van der Waals surface area (Å²) < 4.78 is 15.3. The Morgan fingerprint density at radius 2 is 1.56 bits per heavy atom. The van der Waals surface area contributed by atoms with Gasteiger partial charge in [0, 0.05) is 19.1 Å². The van der Waals surface area contributed by atoms with Crippen molar-refractivity contribution in [3.05, 3.63) is 55.6 Å². The molecule has 1 atom stereocenters. The molecule has 3 N–H and O–H groups in total. The van der Waals surface area contributed by atoms with Gasteiger partial charge < -0.3 is 28.9 Å². The molecule has 0 fully saturated rings. The van der Waals surface area contributed by atoms with Gasteiger partial charge in [0.15, 0.2) is 11.5 Å². The Hall–Kier alpha value is -3.07. The number of ether oxygens (including phenoxy) is 1. The number of hydrogen-bond acceptors (Lipinski definition) is 9. The van der Waals surface area contributed by atoms with Crippen LogP contribution < -0.4 is 10.9 Å². The highest BCUT2D eigenvalue weighted by molar-refractivity contribution is 5.65. The highest BCUT2D eigenvalue weighted by Crippen LogP contribution is 2.33. The Bertz CT molecular complexity index is 907. The summed E-state index contributed by atoms with van der Waals surface area (Å²) in [5, 5.41) is 29.0. The number of hydrogen-bond donors (Lipinski definition) is 3. The van der Waals surface area contributed by atoms with E-state index in [1.807, 2.05) is 0 Å². The first-order chi connectivity index (χ1) is 11.7. The van der Waals surface area contributed by atoms with Crippen molar-refractivity contribution >= 4 is 5.97 Å². The number of carbonyl (C=O) groups excluding carboxylic acids is 1. The first kappa shape index (κ1) is 18.3. The van der Waals surface area contributed by atoms with Crippen LogP contribution in [0.2, 0.25) is 0 Å². The van der Waals surface area contributed by atoms with E-state index >= 15 is 0 Å². The lowest BCUT2D eigenvalue weighted by atomic mass is 10.0. The minimum absolute atomic E-state index is 0.0417. The van der Waals surface area contributed by atoms with E-state index in [2.05, 4.69) is 0 Å². The molecule has 2 heterocycles. The molecule has 0 saturated carbocycles. The topological polar surface area (TPSA) is 147 Å². The second-order valence-electron chi connectivity index (χ2n) is 5.24. The van der Waals surface area contributed by atoms with Crippen LogP contribution in [0.4, 0.5) is 0 Å². The Kier molecular flexibility index (Phi) is 5.28. The standard InChI is InChI=1S/C16H16O9/c1-7(15-13(21)11(19)3-9(5-17)24-15)16-14(22)12(20)4-10(25-16)6-23-8(2)18/h3-4,7,17,21-22H,5-6H2,1-2H3/t7-/m0/s1. The predicted octanol–water partition coefficient (Wildman–Crippen LogP) is 0.711. The van der Waals surface area contributed by atoms with Gasteiger partial charge in [0.05, 0.1) is 5.92 Å². The van der Waals surface area contributed by atoms with Gasteiger partial charge in [0.25, 0.3) is 0 Å². The van der Waals surface area contributed by atoms with Gasteiger partial charge in [-0.05, 0) is 6.92 Å². The molecule has 0 saturated heterocycles. The first-order valence-corrected chi connectivity index (χ1v) is 7.20. The molecule has 2 aromatic rings. The van der Waals surface area contributed by atoms with Crippen LogP contribution >= 0.6 is 0 Å². The van der Waals surface area contributed by atoms with Gasteiger partial charge in [-0.1, -0.05) is 0 Å². The zero-order chi connectivity index (χ0) is 18.7. The van der Waals surface area contributed by atoms with E-state index in [1.165, 1.54) is 13.8 Å². The molecule has 0 bridgehead atoms. The largest absolute Gasteiger partial charge is 0.502 e. The SMILES string of the molecule is CC(=O)OCc1cc(=O)c(O)c([C@@H](C)c2oc(CO)cc(=O)c2O)o1. The molecule has 0 aliphatic rings. The summed E-state index contributed by atoms with van der Waals surface area (Å²) in [5.74, 6) is -3.84. The summed E-state index contributed by atoms with van der Waals surface area (Å²) in [7, 11) is 0. The number of aliphatic hydroxyl groups excluding tert-OH is 1. The van der Waals surface area contributed by atoms with E-state index in [9.17, 15) is 24.6 Å². The molecule has 0 aromatic carbocycles. The van der Waals surface area contributed by atoms with Crippen LogP contribution in [0, 0.1) is 0 Å². The summed E-state index contributed by atoms with van der Waals surface area (Å²) in [6.45, 7) is 1.66. The molecule has 25 heavy (non-hydrogen) atoms.